The lowest BCUT2D eigenvalue weighted by Gasteiger charge is -2.24. The summed E-state index contributed by atoms with van der Waals surface area (Å²) in [6.45, 7) is 0.180. The van der Waals surface area contributed by atoms with E-state index in [1.807, 2.05) is 0 Å². The molecule has 1 aromatic carbocycles. The number of carbonyl (C=O) groups excluding carboxylic acids is 2. The quantitative estimate of drug-likeness (QED) is 0.634. The summed E-state index contributed by atoms with van der Waals surface area (Å²) in [6, 6.07) is 6.30. The van der Waals surface area contributed by atoms with Crippen LogP contribution in [0.25, 0.3) is 0 Å². The summed E-state index contributed by atoms with van der Waals surface area (Å²) in [7, 11) is 0. The molecule has 3 N–H and O–H groups in total. The fourth-order valence-corrected chi connectivity index (χ4v) is 3.99. The van der Waals surface area contributed by atoms with Crippen molar-refractivity contribution >= 4 is 47.0 Å². The van der Waals surface area contributed by atoms with Gasteiger partial charge < -0.3 is 20.4 Å². The highest BCUT2D eigenvalue weighted by Gasteiger charge is 2.38. The number of hydrogen-bond donors (Lipinski definition) is 3. The molecule has 0 spiro atoms. The van der Waals surface area contributed by atoms with Gasteiger partial charge in [-0.15, -0.1) is 11.3 Å². The second-order valence-electron chi connectivity index (χ2n) is 6.24. The molecule has 0 bridgehead atoms. The second-order valence-corrected chi connectivity index (χ2v) is 8.18. The molecule has 2 atom stereocenters. The lowest BCUT2D eigenvalue weighted by atomic mass is 10.1. The van der Waals surface area contributed by atoms with Crippen molar-refractivity contribution < 1.29 is 19.8 Å². The number of aromatic nitrogens is 1. The van der Waals surface area contributed by atoms with E-state index in [2.05, 4.69) is 5.32 Å². The average molecular weight is 428 g/mol. The number of benzene rings is 1. The fraction of sp³-hybridized carbons (Fsp3) is 0.353. The summed E-state index contributed by atoms with van der Waals surface area (Å²) in [6.07, 6.45) is -0.608. The Morgan fingerprint density at radius 1 is 1.33 bits per heavy atom. The predicted octanol–water partition coefficient (Wildman–Crippen LogP) is 1.92. The number of carbonyl (C=O) groups is 2. The van der Waals surface area contributed by atoms with Crippen molar-refractivity contribution in [3.8, 4) is 5.88 Å². The number of hydrogen-bond acceptors (Lipinski definition) is 6. The molecule has 1 saturated heterocycles. The molecule has 10 heteroatoms. The number of amides is 2. The maximum absolute atomic E-state index is 12.6. The van der Waals surface area contributed by atoms with Gasteiger partial charge in [0.1, 0.15) is 12.6 Å². The highest BCUT2D eigenvalue weighted by atomic mass is 35.5. The smallest absolute Gasteiger partial charge is 0.243 e. The van der Waals surface area contributed by atoms with Crippen molar-refractivity contribution in [1.82, 2.24) is 14.8 Å². The minimum absolute atomic E-state index is 0.0656. The summed E-state index contributed by atoms with van der Waals surface area (Å²) in [4.78, 5) is 26.5. The zero-order chi connectivity index (χ0) is 19.6. The van der Waals surface area contributed by atoms with Crippen LogP contribution in [0, 0.1) is 3.95 Å². The molecule has 0 saturated carbocycles. The topological polar surface area (TPSA) is 94.8 Å². The second kappa shape index (κ2) is 8.39. The first-order chi connectivity index (χ1) is 12.8. The maximum atomic E-state index is 12.6. The van der Waals surface area contributed by atoms with E-state index in [-0.39, 0.29) is 37.2 Å². The number of rotatable bonds is 5. The van der Waals surface area contributed by atoms with Crippen molar-refractivity contribution in [3.05, 3.63) is 44.2 Å². The van der Waals surface area contributed by atoms with Gasteiger partial charge in [0.25, 0.3) is 0 Å². The standard InChI is InChI=1S/C17H18ClN3O4S2/c18-11-3-1-10(2-4-11)6-19-16(25)13-5-12(22)7-20(13)14(23)8-21-15(24)9-27-17(21)26/h1-4,9,12-13,22,24H,5-8H2,(H,19,25). The zero-order valence-electron chi connectivity index (χ0n) is 14.2. The molecule has 1 aromatic heterocycles. The lowest BCUT2D eigenvalue weighted by molar-refractivity contribution is -0.139. The third-order valence-electron chi connectivity index (χ3n) is 4.34. The van der Waals surface area contributed by atoms with Crippen molar-refractivity contribution in [2.24, 2.45) is 0 Å². The monoisotopic (exact) mass is 427 g/mol. The summed E-state index contributed by atoms with van der Waals surface area (Å²) in [5.41, 5.74) is 0.874. The molecule has 2 heterocycles. The lowest BCUT2D eigenvalue weighted by Crippen LogP contribution is -2.46. The van der Waals surface area contributed by atoms with Gasteiger partial charge in [0.05, 0.1) is 11.5 Å². The maximum Gasteiger partial charge on any atom is 0.243 e. The highest BCUT2D eigenvalue weighted by Crippen LogP contribution is 2.22. The van der Waals surface area contributed by atoms with E-state index in [0.29, 0.717) is 15.5 Å². The van der Waals surface area contributed by atoms with Gasteiger partial charge in [-0.05, 0) is 29.9 Å². The van der Waals surface area contributed by atoms with Crippen molar-refractivity contribution in [3.63, 3.8) is 0 Å². The van der Waals surface area contributed by atoms with Gasteiger partial charge in [-0.25, -0.2) is 0 Å². The summed E-state index contributed by atoms with van der Waals surface area (Å²) in [5.74, 6) is -0.821. The van der Waals surface area contributed by atoms with Crippen LogP contribution in [0.1, 0.15) is 12.0 Å². The normalized spacial score (nSPS) is 19.3. The van der Waals surface area contributed by atoms with E-state index in [1.165, 1.54) is 14.8 Å². The van der Waals surface area contributed by atoms with E-state index in [4.69, 9.17) is 23.8 Å². The van der Waals surface area contributed by atoms with Gasteiger partial charge in [0.2, 0.25) is 17.7 Å². The SMILES string of the molecule is O=C(NCc1ccc(Cl)cc1)C1CC(O)CN1C(=O)Cn1c(O)csc1=S. The Bertz CT molecular complexity index is 896. The van der Waals surface area contributed by atoms with Crippen LogP contribution in [0.15, 0.2) is 29.6 Å². The number of aliphatic hydroxyl groups excluding tert-OH is 1. The molecular formula is C17H18ClN3O4S2. The van der Waals surface area contributed by atoms with E-state index in [1.54, 1.807) is 24.3 Å². The van der Waals surface area contributed by atoms with Crippen LogP contribution in [-0.4, -0.2) is 50.2 Å². The predicted molar refractivity (Wildman–Crippen MR) is 104 cm³/mol. The molecule has 2 amide bonds. The van der Waals surface area contributed by atoms with Crippen LogP contribution < -0.4 is 5.32 Å². The number of aliphatic hydroxyl groups is 1. The Kier molecular flexibility index (Phi) is 6.15. The van der Waals surface area contributed by atoms with E-state index in [9.17, 15) is 19.8 Å². The fourth-order valence-electron chi connectivity index (χ4n) is 2.94. The molecule has 7 nitrogen and oxygen atoms in total. The van der Waals surface area contributed by atoms with Gasteiger partial charge in [-0.3, -0.25) is 14.2 Å². The van der Waals surface area contributed by atoms with Gasteiger partial charge in [0, 0.05) is 24.5 Å². The Morgan fingerprint density at radius 2 is 2.04 bits per heavy atom. The molecule has 144 valence electrons. The first kappa shape index (κ1) is 19.8. The number of thiazole rings is 1. The molecule has 3 rings (SSSR count). The minimum atomic E-state index is -0.774. The van der Waals surface area contributed by atoms with Gasteiger partial charge >= 0.3 is 0 Å². The summed E-state index contributed by atoms with van der Waals surface area (Å²) in [5, 5.41) is 24.6. The third-order valence-corrected chi connectivity index (χ3v) is 5.85. The highest BCUT2D eigenvalue weighted by molar-refractivity contribution is 7.73. The Morgan fingerprint density at radius 3 is 2.67 bits per heavy atom. The van der Waals surface area contributed by atoms with Crippen LogP contribution in [0.2, 0.25) is 5.02 Å². The molecule has 2 unspecified atom stereocenters. The number of nitrogens with one attached hydrogen (secondary N) is 1. The van der Waals surface area contributed by atoms with E-state index in [0.717, 1.165) is 16.9 Å². The molecule has 2 aromatic rings. The summed E-state index contributed by atoms with van der Waals surface area (Å²) >= 11 is 12.1. The number of nitrogens with zero attached hydrogens (tertiary/aromatic N) is 2. The third kappa shape index (κ3) is 4.67. The molecule has 27 heavy (non-hydrogen) atoms. The molecule has 1 aliphatic rings. The van der Waals surface area contributed by atoms with Crippen molar-refractivity contribution in [2.75, 3.05) is 6.54 Å². The first-order valence-electron chi connectivity index (χ1n) is 8.22. The number of halogens is 1. The number of aromatic hydroxyl groups is 1. The Balaban J connectivity index is 1.65. The molecule has 0 aliphatic carbocycles. The Hall–Kier alpha value is -1.94. The van der Waals surface area contributed by atoms with Gasteiger partial charge in [-0.1, -0.05) is 23.7 Å². The van der Waals surface area contributed by atoms with Crippen LogP contribution in [-0.2, 0) is 22.7 Å². The summed E-state index contributed by atoms with van der Waals surface area (Å²) < 4.78 is 1.67. The van der Waals surface area contributed by atoms with Crippen LogP contribution in [0.3, 0.4) is 0 Å². The first-order valence-corrected chi connectivity index (χ1v) is 9.88. The Labute approximate surface area is 169 Å². The van der Waals surface area contributed by atoms with E-state index >= 15 is 0 Å². The van der Waals surface area contributed by atoms with Crippen molar-refractivity contribution in [2.45, 2.75) is 31.7 Å². The largest absolute Gasteiger partial charge is 0.494 e. The van der Waals surface area contributed by atoms with Crippen LogP contribution >= 0.6 is 35.2 Å². The van der Waals surface area contributed by atoms with Gasteiger partial charge in [0.15, 0.2) is 3.95 Å². The molecular weight excluding hydrogens is 410 g/mol. The molecule has 1 fully saturated rings. The van der Waals surface area contributed by atoms with E-state index < -0.39 is 12.1 Å². The minimum Gasteiger partial charge on any atom is -0.494 e. The van der Waals surface area contributed by atoms with Gasteiger partial charge in [-0.2, -0.15) is 0 Å². The van der Waals surface area contributed by atoms with Crippen LogP contribution in [0.4, 0.5) is 0 Å². The van der Waals surface area contributed by atoms with Crippen LogP contribution in [0.5, 0.6) is 5.88 Å². The average Bonchev–Trinajstić information content (AvgIpc) is 3.18. The molecule has 1 aliphatic heterocycles. The molecule has 0 radical (unpaired) electrons. The number of β-amino-alcohol motifs (C(OH)–C–C–N with tert-alkyl or cyclic N) is 1. The number of likely N-dealkylation sites (tertiary alicyclic amines) is 1. The zero-order valence-corrected chi connectivity index (χ0v) is 16.6. The van der Waals surface area contributed by atoms with Crippen molar-refractivity contribution in [1.29, 1.82) is 0 Å².